The standard InChI is InChI=1S/C25H30N4O/c30-25(29-15-13-28(14-16-29)24-7-3-4-12-26-24)17-19-8-10-20(11-9-19)22-18-27-23-6-2-1-5-21(22)23/h1-7,12,18-20,27H,8-11,13-17H2. The predicted octanol–water partition coefficient (Wildman–Crippen LogP) is 4.58. The molecule has 1 amide bonds. The van der Waals surface area contributed by atoms with Gasteiger partial charge in [-0.2, -0.15) is 0 Å². The van der Waals surface area contributed by atoms with Crippen molar-refractivity contribution in [1.29, 1.82) is 0 Å². The first-order valence-corrected chi connectivity index (χ1v) is 11.3. The number of fused-ring (bicyclic) bond motifs is 1. The van der Waals surface area contributed by atoms with Crippen molar-refractivity contribution in [3.8, 4) is 0 Å². The molecule has 5 nitrogen and oxygen atoms in total. The molecule has 30 heavy (non-hydrogen) atoms. The number of nitrogens with zero attached hydrogens (tertiary/aromatic N) is 3. The average Bonchev–Trinajstić information content (AvgIpc) is 3.24. The van der Waals surface area contributed by atoms with E-state index in [0.717, 1.165) is 44.8 Å². The third-order valence-corrected chi connectivity index (χ3v) is 6.98. The van der Waals surface area contributed by atoms with Crippen LogP contribution in [0.25, 0.3) is 10.9 Å². The van der Waals surface area contributed by atoms with Gasteiger partial charge in [-0.3, -0.25) is 4.79 Å². The summed E-state index contributed by atoms with van der Waals surface area (Å²) in [7, 11) is 0. The van der Waals surface area contributed by atoms with Crippen LogP contribution in [0, 0.1) is 5.92 Å². The number of carbonyl (C=O) groups is 1. The van der Waals surface area contributed by atoms with Crippen LogP contribution >= 0.6 is 0 Å². The maximum absolute atomic E-state index is 12.9. The number of H-pyrrole nitrogens is 1. The SMILES string of the molecule is O=C(CC1CCC(c2c[nH]c3ccccc23)CC1)N1CCN(c2ccccn2)CC1. The lowest BCUT2D eigenvalue weighted by Gasteiger charge is -2.36. The Balaban J connectivity index is 1.11. The van der Waals surface area contributed by atoms with E-state index >= 15 is 0 Å². The van der Waals surface area contributed by atoms with Gasteiger partial charge in [0.1, 0.15) is 5.82 Å². The smallest absolute Gasteiger partial charge is 0.222 e. The highest BCUT2D eigenvalue weighted by atomic mass is 16.2. The molecule has 1 saturated heterocycles. The largest absolute Gasteiger partial charge is 0.361 e. The first-order chi connectivity index (χ1) is 14.8. The Bertz CT molecular complexity index is 983. The lowest BCUT2D eigenvalue weighted by Crippen LogP contribution is -2.49. The molecule has 2 aromatic heterocycles. The second-order valence-corrected chi connectivity index (χ2v) is 8.77. The lowest BCUT2D eigenvalue weighted by atomic mass is 9.77. The van der Waals surface area contributed by atoms with Gasteiger partial charge in [0.05, 0.1) is 0 Å². The zero-order valence-electron chi connectivity index (χ0n) is 17.5. The van der Waals surface area contributed by atoms with Gasteiger partial charge in [-0.1, -0.05) is 24.3 Å². The van der Waals surface area contributed by atoms with Crippen molar-refractivity contribution in [2.24, 2.45) is 5.92 Å². The topological polar surface area (TPSA) is 52.2 Å². The maximum atomic E-state index is 12.9. The second kappa shape index (κ2) is 8.50. The minimum Gasteiger partial charge on any atom is -0.361 e. The van der Waals surface area contributed by atoms with Crippen molar-refractivity contribution in [3.05, 3.63) is 60.4 Å². The van der Waals surface area contributed by atoms with E-state index in [-0.39, 0.29) is 0 Å². The fraction of sp³-hybridized carbons (Fsp3) is 0.440. The van der Waals surface area contributed by atoms with Crippen LogP contribution in [0.3, 0.4) is 0 Å². The zero-order chi connectivity index (χ0) is 20.3. The Morgan fingerprint density at radius 2 is 1.73 bits per heavy atom. The van der Waals surface area contributed by atoms with Crippen molar-refractivity contribution >= 4 is 22.6 Å². The van der Waals surface area contributed by atoms with E-state index in [9.17, 15) is 4.79 Å². The summed E-state index contributed by atoms with van der Waals surface area (Å²) in [5.41, 5.74) is 2.69. The Kier molecular flexibility index (Phi) is 5.43. The molecule has 1 aliphatic heterocycles. The molecule has 2 fully saturated rings. The third-order valence-electron chi connectivity index (χ3n) is 6.98. The van der Waals surface area contributed by atoms with Gasteiger partial charge in [0, 0.05) is 55.9 Å². The number of piperazine rings is 1. The van der Waals surface area contributed by atoms with Gasteiger partial charge in [0.25, 0.3) is 0 Å². The number of nitrogens with one attached hydrogen (secondary N) is 1. The van der Waals surface area contributed by atoms with E-state index in [2.05, 4.69) is 50.2 Å². The minimum atomic E-state index is 0.339. The number of carbonyl (C=O) groups excluding carboxylic acids is 1. The van der Waals surface area contributed by atoms with Gasteiger partial charge in [-0.15, -0.1) is 0 Å². The van der Waals surface area contributed by atoms with Crippen molar-refractivity contribution in [2.45, 2.75) is 38.0 Å². The number of aromatic amines is 1. The normalized spacial score (nSPS) is 22.4. The van der Waals surface area contributed by atoms with E-state index in [1.54, 1.807) is 0 Å². The van der Waals surface area contributed by atoms with Gasteiger partial charge in [0.15, 0.2) is 0 Å². The van der Waals surface area contributed by atoms with Crippen LogP contribution < -0.4 is 4.90 Å². The van der Waals surface area contributed by atoms with Gasteiger partial charge in [-0.05, 0) is 61.3 Å². The van der Waals surface area contributed by atoms with Crippen LogP contribution in [0.4, 0.5) is 5.82 Å². The highest BCUT2D eigenvalue weighted by Crippen LogP contribution is 2.39. The Morgan fingerprint density at radius 1 is 0.967 bits per heavy atom. The molecule has 1 saturated carbocycles. The highest BCUT2D eigenvalue weighted by Gasteiger charge is 2.28. The number of pyridine rings is 1. The van der Waals surface area contributed by atoms with Crippen LogP contribution in [0.15, 0.2) is 54.9 Å². The summed E-state index contributed by atoms with van der Waals surface area (Å²) in [6, 6.07) is 14.6. The number of anilines is 1. The molecule has 3 heterocycles. The number of amides is 1. The molecular formula is C25H30N4O. The number of hydrogen-bond donors (Lipinski definition) is 1. The molecule has 0 bridgehead atoms. The van der Waals surface area contributed by atoms with E-state index in [1.165, 1.54) is 29.3 Å². The fourth-order valence-electron chi connectivity index (χ4n) is 5.21. The van der Waals surface area contributed by atoms with Gasteiger partial charge in [-0.25, -0.2) is 4.98 Å². The molecule has 5 heteroatoms. The first kappa shape index (κ1) is 19.2. The molecule has 5 rings (SSSR count). The summed E-state index contributed by atoms with van der Waals surface area (Å²) in [4.78, 5) is 25.1. The van der Waals surface area contributed by atoms with Crippen LogP contribution in [0.5, 0.6) is 0 Å². The monoisotopic (exact) mass is 402 g/mol. The molecule has 0 radical (unpaired) electrons. The molecule has 2 aliphatic rings. The van der Waals surface area contributed by atoms with Gasteiger partial charge >= 0.3 is 0 Å². The van der Waals surface area contributed by atoms with E-state index < -0.39 is 0 Å². The van der Waals surface area contributed by atoms with E-state index in [0.29, 0.717) is 24.2 Å². The van der Waals surface area contributed by atoms with Crippen molar-refractivity contribution < 1.29 is 4.79 Å². The van der Waals surface area contributed by atoms with Gasteiger partial charge < -0.3 is 14.8 Å². The Hall–Kier alpha value is -2.82. The van der Waals surface area contributed by atoms with Crippen LogP contribution in [-0.4, -0.2) is 47.0 Å². The number of para-hydroxylation sites is 1. The summed E-state index contributed by atoms with van der Waals surface area (Å²) >= 11 is 0. The molecule has 1 aromatic carbocycles. The molecule has 156 valence electrons. The predicted molar refractivity (Wildman–Crippen MR) is 121 cm³/mol. The highest BCUT2D eigenvalue weighted by molar-refractivity contribution is 5.83. The van der Waals surface area contributed by atoms with E-state index in [1.807, 2.05) is 24.4 Å². The quantitative estimate of drug-likeness (QED) is 0.695. The Morgan fingerprint density at radius 3 is 2.50 bits per heavy atom. The van der Waals surface area contributed by atoms with Crippen LogP contribution in [0.2, 0.25) is 0 Å². The molecular weight excluding hydrogens is 372 g/mol. The molecule has 0 atom stereocenters. The van der Waals surface area contributed by atoms with Crippen molar-refractivity contribution in [2.75, 3.05) is 31.1 Å². The van der Waals surface area contributed by atoms with Gasteiger partial charge in [0.2, 0.25) is 5.91 Å². The summed E-state index contributed by atoms with van der Waals surface area (Å²) in [5, 5.41) is 1.36. The van der Waals surface area contributed by atoms with Crippen LogP contribution in [0.1, 0.15) is 43.6 Å². The number of benzene rings is 1. The summed E-state index contributed by atoms with van der Waals surface area (Å²) < 4.78 is 0. The van der Waals surface area contributed by atoms with Crippen molar-refractivity contribution in [3.63, 3.8) is 0 Å². The van der Waals surface area contributed by atoms with E-state index in [4.69, 9.17) is 0 Å². The Labute approximate surface area is 178 Å². The number of hydrogen-bond acceptors (Lipinski definition) is 3. The molecule has 3 aromatic rings. The third kappa shape index (κ3) is 3.93. The molecule has 0 spiro atoms. The summed E-state index contributed by atoms with van der Waals surface area (Å²) in [5.74, 6) is 2.51. The second-order valence-electron chi connectivity index (χ2n) is 8.77. The average molecular weight is 403 g/mol. The molecule has 1 aliphatic carbocycles. The maximum Gasteiger partial charge on any atom is 0.222 e. The minimum absolute atomic E-state index is 0.339. The lowest BCUT2D eigenvalue weighted by molar-refractivity contribution is -0.132. The summed E-state index contributed by atoms with van der Waals surface area (Å²) in [6.07, 6.45) is 9.43. The first-order valence-electron chi connectivity index (χ1n) is 11.3. The van der Waals surface area contributed by atoms with Crippen molar-refractivity contribution in [1.82, 2.24) is 14.9 Å². The molecule has 0 unspecified atom stereocenters. The fourth-order valence-corrected chi connectivity index (χ4v) is 5.21. The molecule has 1 N–H and O–H groups in total. The zero-order valence-corrected chi connectivity index (χ0v) is 17.5. The number of aromatic nitrogens is 2. The number of rotatable bonds is 4. The summed E-state index contributed by atoms with van der Waals surface area (Å²) in [6.45, 7) is 3.35. The van der Waals surface area contributed by atoms with Crippen LogP contribution in [-0.2, 0) is 4.79 Å².